The van der Waals surface area contributed by atoms with Crippen LogP contribution >= 0.6 is 0 Å². The number of rotatable bonds is 5. The molecule has 4 rings (SSSR count). The zero-order valence-corrected chi connectivity index (χ0v) is 15.5. The third-order valence-electron chi connectivity index (χ3n) is 4.37. The van der Waals surface area contributed by atoms with Crippen molar-refractivity contribution in [2.24, 2.45) is 0 Å². The highest BCUT2D eigenvalue weighted by atomic mass is 32.2. The van der Waals surface area contributed by atoms with Crippen LogP contribution in [0.5, 0.6) is 0 Å². The standard InChI is InChI=1S/C20H18N4O2S/c1-16-13-18(24-11-2-9-22-24)5-8-20(16)27(25,26)19-6-3-17(4-7-19)14-23-12-10-21-15-23/h2-13,15H,14H2,1H3. The first-order valence-electron chi connectivity index (χ1n) is 8.44. The van der Waals surface area contributed by atoms with Crippen molar-refractivity contribution in [2.45, 2.75) is 23.3 Å². The lowest BCUT2D eigenvalue weighted by Gasteiger charge is -2.11. The van der Waals surface area contributed by atoms with E-state index in [9.17, 15) is 8.42 Å². The molecule has 4 aromatic rings. The first-order chi connectivity index (χ1) is 13.0. The monoisotopic (exact) mass is 378 g/mol. The molecule has 0 aliphatic rings. The molecule has 0 unspecified atom stereocenters. The lowest BCUT2D eigenvalue weighted by Crippen LogP contribution is -2.06. The largest absolute Gasteiger partial charge is 0.333 e. The fourth-order valence-corrected chi connectivity index (χ4v) is 4.47. The van der Waals surface area contributed by atoms with Gasteiger partial charge in [-0.25, -0.2) is 18.1 Å². The number of aromatic nitrogens is 4. The van der Waals surface area contributed by atoms with Crippen molar-refractivity contribution in [1.82, 2.24) is 19.3 Å². The summed E-state index contributed by atoms with van der Waals surface area (Å²) in [4.78, 5) is 4.60. The lowest BCUT2D eigenvalue weighted by atomic mass is 10.2. The third-order valence-corrected chi connectivity index (χ3v) is 6.30. The van der Waals surface area contributed by atoms with Crippen LogP contribution < -0.4 is 0 Å². The summed E-state index contributed by atoms with van der Waals surface area (Å²) in [5.41, 5.74) is 2.52. The normalized spacial score (nSPS) is 11.6. The average Bonchev–Trinajstić information content (AvgIpc) is 3.36. The molecule has 136 valence electrons. The smallest absolute Gasteiger partial charge is 0.206 e. The SMILES string of the molecule is Cc1cc(-n2cccn2)ccc1S(=O)(=O)c1ccc(Cn2ccnc2)cc1. The molecule has 0 fully saturated rings. The topological polar surface area (TPSA) is 69.8 Å². The fraction of sp³-hybridized carbons (Fsp3) is 0.100. The molecule has 0 amide bonds. The van der Waals surface area contributed by atoms with Gasteiger partial charge in [-0.05, 0) is 54.4 Å². The molecule has 0 radical (unpaired) electrons. The quantitative estimate of drug-likeness (QED) is 0.534. The molecule has 0 aliphatic heterocycles. The Kier molecular flexibility index (Phi) is 4.37. The molecule has 0 atom stereocenters. The molecule has 0 saturated heterocycles. The van der Waals surface area contributed by atoms with Crippen LogP contribution in [0.15, 0.2) is 89.4 Å². The van der Waals surface area contributed by atoms with Crippen molar-refractivity contribution in [3.8, 4) is 5.69 Å². The predicted octanol–water partition coefficient (Wildman–Crippen LogP) is 3.26. The third kappa shape index (κ3) is 3.41. The highest BCUT2D eigenvalue weighted by Gasteiger charge is 2.20. The highest BCUT2D eigenvalue weighted by Crippen LogP contribution is 2.26. The zero-order valence-electron chi connectivity index (χ0n) is 14.7. The predicted molar refractivity (Wildman–Crippen MR) is 102 cm³/mol. The summed E-state index contributed by atoms with van der Waals surface area (Å²) in [7, 11) is -3.58. The van der Waals surface area contributed by atoms with Gasteiger partial charge in [0.25, 0.3) is 0 Å². The van der Waals surface area contributed by atoms with E-state index in [0.29, 0.717) is 17.0 Å². The van der Waals surface area contributed by atoms with Gasteiger partial charge >= 0.3 is 0 Å². The molecule has 2 aromatic carbocycles. The number of sulfone groups is 1. The van der Waals surface area contributed by atoms with Crippen molar-refractivity contribution in [2.75, 3.05) is 0 Å². The summed E-state index contributed by atoms with van der Waals surface area (Å²) in [6.07, 6.45) is 8.83. The maximum atomic E-state index is 13.0. The van der Waals surface area contributed by atoms with Gasteiger partial charge in [-0.15, -0.1) is 0 Å². The second-order valence-electron chi connectivity index (χ2n) is 6.28. The Hall–Kier alpha value is -3.19. The van der Waals surface area contributed by atoms with Gasteiger partial charge in [-0.2, -0.15) is 5.10 Å². The first kappa shape index (κ1) is 17.2. The number of hydrogen-bond acceptors (Lipinski definition) is 4. The molecule has 0 aliphatic carbocycles. The molecule has 6 nitrogen and oxygen atoms in total. The fourth-order valence-electron chi connectivity index (χ4n) is 2.99. The van der Waals surface area contributed by atoms with E-state index in [0.717, 1.165) is 11.3 Å². The van der Waals surface area contributed by atoms with Gasteiger partial charge in [0.15, 0.2) is 0 Å². The Labute approximate surface area is 157 Å². The van der Waals surface area contributed by atoms with Crippen LogP contribution in [0, 0.1) is 6.92 Å². The maximum absolute atomic E-state index is 13.0. The Morgan fingerprint density at radius 1 is 1.00 bits per heavy atom. The lowest BCUT2D eigenvalue weighted by molar-refractivity contribution is 0.595. The van der Waals surface area contributed by atoms with Crippen molar-refractivity contribution in [3.63, 3.8) is 0 Å². The van der Waals surface area contributed by atoms with E-state index in [1.165, 1.54) is 0 Å². The van der Waals surface area contributed by atoms with E-state index >= 15 is 0 Å². The van der Waals surface area contributed by atoms with Crippen LogP contribution in [0.25, 0.3) is 5.69 Å². The molecule has 2 heterocycles. The highest BCUT2D eigenvalue weighted by molar-refractivity contribution is 7.91. The number of aryl methyl sites for hydroxylation is 1. The van der Waals surface area contributed by atoms with Crippen LogP contribution in [0.4, 0.5) is 0 Å². The van der Waals surface area contributed by atoms with Gasteiger partial charge in [0.1, 0.15) is 0 Å². The molecule has 27 heavy (non-hydrogen) atoms. The van der Waals surface area contributed by atoms with Crippen LogP contribution in [-0.4, -0.2) is 27.7 Å². The Balaban J connectivity index is 1.63. The number of benzene rings is 2. The van der Waals surface area contributed by atoms with Crippen LogP contribution in [0.2, 0.25) is 0 Å². The summed E-state index contributed by atoms with van der Waals surface area (Å²) in [6.45, 7) is 2.45. The molecular formula is C20H18N4O2S. The van der Waals surface area contributed by atoms with E-state index < -0.39 is 9.84 Å². The summed E-state index contributed by atoms with van der Waals surface area (Å²) >= 11 is 0. The zero-order chi connectivity index (χ0) is 18.9. The molecule has 0 bridgehead atoms. The van der Waals surface area contributed by atoms with E-state index in [1.807, 2.05) is 41.2 Å². The van der Waals surface area contributed by atoms with Crippen LogP contribution in [-0.2, 0) is 16.4 Å². The number of hydrogen-bond donors (Lipinski definition) is 0. The number of nitrogens with zero attached hydrogens (tertiary/aromatic N) is 4. The van der Waals surface area contributed by atoms with Crippen molar-refractivity contribution in [3.05, 3.63) is 90.8 Å². The Bertz CT molecular complexity index is 1150. The van der Waals surface area contributed by atoms with Crippen molar-refractivity contribution >= 4 is 9.84 Å². The van der Waals surface area contributed by atoms with Crippen molar-refractivity contribution < 1.29 is 8.42 Å². The minimum atomic E-state index is -3.58. The van der Waals surface area contributed by atoms with Gasteiger partial charge in [0, 0.05) is 31.3 Å². The van der Waals surface area contributed by atoms with Gasteiger partial charge in [0.05, 0.1) is 21.8 Å². The second kappa shape index (κ2) is 6.85. The van der Waals surface area contributed by atoms with Gasteiger partial charge < -0.3 is 4.57 Å². The summed E-state index contributed by atoms with van der Waals surface area (Å²) in [5, 5.41) is 4.18. The van der Waals surface area contributed by atoms with E-state index in [4.69, 9.17) is 0 Å². The molecule has 0 spiro atoms. The van der Waals surface area contributed by atoms with Crippen LogP contribution in [0.1, 0.15) is 11.1 Å². The Morgan fingerprint density at radius 2 is 1.81 bits per heavy atom. The minimum absolute atomic E-state index is 0.284. The van der Waals surface area contributed by atoms with Crippen LogP contribution in [0.3, 0.4) is 0 Å². The summed E-state index contributed by atoms with van der Waals surface area (Å²) in [5.74, 6) is 0. The van der Waals surface area contributed by atoms with E-state index in [-0.39, 0.29) is 4.90 Å². The maximum Gasteiger partial charge on any atom is 0.206 e. The van der Waals surface area contributed by atoms with Crippen molar-refractivity contribution in [1.29, 1.82) is 0 Å². The number of imidazole rings is 1. The summed E-state index contributed by atoms with van der Waals surface area (Å²) < 4.78 is 29.7. The minimum Gasteiger partial charge on any atom is -0.333 e. The van der Waals surface area contributed by atoms with Gasteiger partial charge in [-0.3, -0.25) is 0 Å². The molecule has 2 aromatic heterocycles. The van der Waals surface area contributed by atoms with Gasteiger partial charge in [-0.1, -0.05) is 12.1 Å². The van der Waals surface area contributed by atoms with E-state index in [2.05, 4.69) is 10.1 Å². The Morgan fingerprint density at radius 3 is 2.44 bits per heavy atom. The second-order valence-corrected chi connectivity index (χ2v) is 8.20. The molecule has 0 saturated carbocycles. The molecular weight excluding hydrogens is 360 g/mol. The average molecular weight is 378 g/mol. The molecule has 0 N–H and O–H groups in total. The molecule has 7 heteroatoms. The van der Waals surface area contributed by atoms with E-state index in [1.54, 1.807) is 54.6 Å². The van der Waals surface area contributed by atoms with Gasteiger partial charge in [0.2, 0.25) is 9.84 Å². The first-order valence-corrected chi connectivity index (χ1v) is 9.93. The summed E-state index contributed by atoms with van der Waals surface area (Å²) in [6, 6.07) is 14.0.